The normalized spacial score (nSPS) is 11.3. The number of carboxylic acids is 1. The molecule has 0 saturated heterocycles. The minimum absolute atomic E-state index is 0.204. The van der Waals surface area contributed by atoms with E-state index in [1.165, 1.54) is 6.20 Å². The molecule has 5 heteroatoms. The molecule has 2 aromatic rings. The van der Waals surface area contributed by atoms with Crippen molar-refractivity contribution in [1.82, 2.24) is 14.8 Å². The second kappa shape index (κ2) is 4.16. The summed E-state index contributed by atoms with van der Waals surface area (Å²) in [6.07, 6.45) is 2.20. The Bertz CT molecular complexity index is 572. The third-order valence-corrected chi connectivity index (χ3v) is 2.66. The van der Waals surface area contributed by atoms with Crippen LogP contribution in [0, 0.1) is 5.92 Å². The summed E-state index contributed by atoms with van der Waals surface area (Å²) in [6, 6.07) is 1.65. The van der Waals surface area contributed by atoms with Crippen molar-refractivity contribution < 1.29 is 9.90 Å². The van der Waals surface area contributed by atoms with Gasteiger partial charge < -0.3 is 5.11 Å². The predicted octanol–water partition coefficient (Wildman–Crippen LogP) is 1.86. The van der Waals surface area contributed by atoms with Crippen LogP contribution in [0.2, 0.25) is 0 Å². The van der Waals surface area contributed by atoms with Gasteiger partial charge in [-0.3, -0.25) is 4.68 Å². The van der Waals surface area contributed by atoms with Crippen molar-refractivity contribution in [3.63, 3.8) is 0 Å². The first-order valence-corrected chi connectivity index (χ1v) is 5.54. The molecular formula is C12H15N3O2. The van der Waals surface area contributed by atoms with Crippen molar-refractivity contribution in [2.75, 3.05) is 0 Å². The summed E-state index contributed by atoms with van der Waals surface area (Å²) in [7, 11) is 1.86. The lowest BCUT2D eigenvalue weighted by molar-refractivity contribution is 0.0696. The van der Waals surface area contributed by atoms with Crippen molar-refractivity contribution in [3.05, 3.63) is 23.5 Å². The minimum atomic E-state index is -0.959. The summed E-state index contributed by atoms with van der Waals surface area (Å²) in [6.45, 7) is 4.24. The quantitative estimate of drug-likeness (QED) is 0.878. The number of hydrogen-bond acceptors (Lipinski definition) is 3. The van der Waals surface area contributed by atoms with Crippen LogP contribution in [0.25, 0.3) is 11.0 Å². The van der Waals surface area contributed by atoms with Crippen molar-refractivity contribution in [2.45, 2.75) is 20.3 Å². The first-order valence-electron chi connectivity index (χ1n) is 5.54. The number of aryl methyl sites for hydroxylation is 1. The molecule has 17 heavy (non-hydrogen) atoms. The summed E-state index contributed by atoms with van der Waals surface area (Å²) < 4.78 is 1.78. The number of fused-ring (bicyclic) bond motifs is 1. The van der Waals surface area contributed by atoms with Gasteiger partial charge >= 0.3 is 5.97 Å². The van der Waals surface area contributed by atoms with E-state index in [1.807, 2.05) is 7.05 Å². The van der Waals surface area contributed by atoms with Gasteiger partial charge in [-0.25, -0.2) is 9.78 Å². The van der Waals surface area contributed by atoms with Crippen LogP contribution in [0.3, 0.4) is 0 Å². The molecule has 2 heterocycles. The molecule has 2 aromatic heterocycles. The summed E-state index contributed by atoms with van der Waals surface area (Å²) in [5.41, 5.74) is 1.84. The summed E-state index contributed by atoms with van der Waals surface area (Å²) >= 11 is 0. The van der Waals surface area contributed by atoms with E-state index in [0.717, 1.165) is 17.5 Å². The molecule has 0 spiro atoms. The molecular weight excluding hydrogens is 218 g/mol. The van der Waals surface area contributed by atoms with E-state index < -0.39 is 5.97 Å². The van der Waals surface area contributed by atoms with Crippen molar-refractivity contribution in [2.24, 2.45) is 13.0 Å². The molecule has 0 saturated carbocycles. The molecule has 0 bridgehead atoms. The number of aromatic nitrogens is 3. The molecule has 0 radical (unpaired) electrons. The molecule has 0 amide bonds. The van der Waals surface area contributed by atoms with Crippen LogP contribution in [-0.4, -0.2) is 25.8 Å². The third kappa shape index (κ3) is 2.13. The van der Waals surface area contributed by atoms with E-state index in [4.69, 9.17) is 5.11 Å². The highest BCUT2D eigenvalue weighted by Crippen LogP contribution is 2.20. The fourth-order valence-corrected chi connectivity index (χ4v) is 1.87. The van der Waals surface area contributed by atoms with Crippen LogP contribution < -0.4 is 0 Å². The number of aromatic carboxylic acids is 1. The van der Waals surface area contributed by atoms with Gasteiger partial charge in [-0.2, -0.15) is 5.10 Å². The molecule has 0 fully saturated rings. The van der Waals surface area contributed by atoms with Gasteiger partial charge in [-0.1, -0.05) is 13.8 Å². The Kier molecular flexibility index (Phi) is 2.83. The standard InChI is InChI=1S/C12H15N3O2/c1-7(2)4-10-9-5-8(12(16)17)6-13-11(9)14-15(10)3/h5-7H,4H2,1-3H3,(H,16,17). The molecule has 1 N–H and O–H groups in total. The highest BCUT2D eigenvalue weighted by Gasteiger charge is 2.13. The van der Waals surface area contributed by atoms with Gasteiger partial charge in [0, 0.05) is 24.3 Å². The number of hydrogen-bond donors (Lipinski definition) is 1. The van der Waals surface area contributed by atoms with Crippen LogP contribution in [0.4, 0.5) is 0 Å². The molecule has 2 rings (SSSR count). The molecule has 0 aromatic carbocycles. The third-order valence-electron chi connectivity index (χ3n) is 2.66. The van der Waals surface area contributed by atoms with Gasteiger partial charge in [0.05, 0.1) is 5.56 Å². The van der Waals surface area contributed by atoms with Crippen molar-refractivity contribution in [1.29, 1.82) is 0 Å². The number of pyridine rings is 1. The first-order chi connectivity index (χ1) is 7.99. The summed E-state index contributed by atoms with van der Waals surface area (Å²) in [4.78, 5) is 15.0. The second-order valence-corrected chi connectivity index (χ2v) is 4.57. The number of carboxylic acid groups (broad SMARTS) is 1. The number of carbonyl (C=O) groups is 1. The topological polar surface area (TPSA) is 68.0 Å². The van der Waals surface area contributed by atoms with Crippen LogP contribution in [-0.2, 0) is 13.5 Å². The fraction of sp³-hybridized carbons (Fsp3) is 0.417. The lowest BCUT2D eigenvalue weighted by Crippen LogP contribution is -2.03. The first kappa shape index (κ1) is 11.6. The van der Waals surface area contributed by atoms with E-state index >= 15 is 0 Å². The summed E-state index contributed by atoms with van der Waals surface area (Å²) in [5.74, 6) is -0.471. The van der Waals surface area contributed by atoms with Gasteiger partial charge in [0.25, 0.3) is 0 Å². The molecule has 0 aliphatic heterocycles. The van der Waals surface area contributed by atoms with Gasteiger partial charge in [0.1, 0.15) is 0 Å². The second-order valence-electron chi connectivity index (χ2n) is 4.57. The smallest absolute Gasteiger partial charge is 0.337 e. The fourth-order valence-electron chi connectivity index (χ4n) is 1.87. The maximum Gasteiger partial charge on any atom is 0.337 e. The van der Waals surface area contributed by atoms with Gasteiger partial charge in [-0.15, -0.1) is 0 Å². The molecule has 0 atom stereocenters. The molecule has 0 aliphatic rings. The highest BCUT2D eigenvalue weighted by atomic mass is 16.4. The monoisotopic (exact) mass is 233 g/mol. The zero-order chi connectivity index (χ0) is 12.6. The van der Waals surface area contributed by atoms with Crippen LogP contribution in [0.15, 0.2) is 12.3 Å². The Hall–Kier alpha value is -1.91. The Morgan fingerprint density at radius 2 is 2.24 bits per heavy atom. The van der Waals surface area contributed by atoms with E-state index in [9.17, 15) is 4.79 Å². The zero-order valence-electron chi connectivity index (χ0n) is 10.1. The molecule has 90 valence electrons. The van der Waals surface area contributed by atoms with E-state index in [1.54, 1.807) is 10.7 Å². The highest BCUT2D eigenvalue weighted by molar-refractivity contribution is 5.92. The van der Waals surface area contributed by atoms with Gasteiger partial charge in [-0.05, 0) is 18.4 Å². The Balaban J connectivity index is 2.60. The number of nitrogens with zero attached hydrogens (tertiary/aromatic N) is 3. The maximum absolute atomic E-state index is 10.9. The largest absolute Gasteiger partial charge is 0.478 e. The van der Waals surface area contributed by atoms with Gasteiger partial charge in [0.15, 0.2) is 5.65 Å². The predicted molar refractivity (Wildman–Crippen MR) is 64.0 cm³/mol. The van der Waals surface area contributed by atoms with Crippen molar-refractivity contribution >= 4 is 17.0 Å². The molecule has 0 unspecified atom stereocenters. The molecule has 5 nitrogen and oxygen atoms in total. The maximum atomic E-state index is 10.9. The van der Waals surface area contributed by atoms with E-state index in [-0.39, 0.29) is 5.56 Å². The SMILES string of the molecule is CC(C)Cc1c2cc(C(=O)O)cnc2nn1C. The van der Waals surface area contributed by atoms with E-state index in [2.05, 4.69) is 23.9 Å². The summed E-state index contributed by atoms with van der Waals surface area (Å²) in [5, 5.41) is 14.1. The lowest BCUT2D eigenvalue weighted by Gasteiger charge is -2.05. The zero-order valence-corrected chi connectivity index (χ0v) is 10.1. The Morgan fingerprint density at radius 3 is 2.82 bits per heavy atom. The Labute approximate surface area is 99.1 Å². The number of rotatable bonds is 3. The van der Waals surface area contributed by atoms with Crippen LogP contribution in [0.5, 0.6) is 0 Å². The van der Waals surface area contributed by atoms with Crippen LogP contribution >= 0.6 is 0 Å². The minimum Gasteiger partial charge on any atom is -0.478 e. The molecule has 0 aliphatic carbocycles. The average molecular weight is 233 g/mol. The van der Waals surface area contributed by atoms with Crippen molar-refractivity contribution in [3.8, 4) is 0 Å². The Morgan fingerprint density at radius 1 is 1.53 bits per heavy atom. The average Bonchev–Trinajstić information content (AvgIpc) is 2.54. The van der Waals surface area contributed by atoms with Gasteiger partial charge in [0.2, 0.25) is 0 Å². The van der Waals surface area contributed by atoms with E-state index in [0.29, 0.717) is 11.6 Å². The lowest BCUT2D eigenvalue weighted by atomic mass is 10.1. The van der Waals surface area contributed by atoms with Crippen LogP contribution in [0.1, 0.15) is 29.9 Å².